The second-order valence-corrected chi connectivity index (χ2v) is 25.8. The van der Waals surface area contributed by atoms with Crippen molar-refractivity contribution in [1.29, 1.82) is 0 Å². The lowest BCUT2D eigenvalue weighted by molar-refractivity contribution is -0.870. The van der Waals surface area contributed by atoms with Crippen molar-refractivity contribution >= 4 is 17.9 Å². The molecule has 0 amide bonds. The third-order valence-electron chi connectivity index (χ3n) is 15.8. The molecule has 0 aliphatic heterocycles. The van der Waals surface area contributed by atoms with Gasteiger partial charge >= 0.3 is 11.9 Å². The lowest BCUT2D eigenvalue weighted by Gasteiger charge is -2.26. The van der Waals surface area contributed by atoms with Crippen LogP contribution in [-0.4, -0.2) is 82.3 Å². The molecule has 528 valence electrons. The van der Waals surface area contributed by atoms with E-state index in [1.807, 2.05) is 21.1 Å². The molecule has 0 saturated carbocycles. The largest absolute Gasteiger partial charge is 0.545 e. The highest BCUT2D eigenvalue weighted by Gasteiger charge is 2.22. The standard InChI is InChI=1S/C84H139NO8/c1-6-8-10-12-14-16-18-20-22-24-26-28-30-32-34-36-38-39-40-41-42-43-45-47-49-51-53-55-57-59-61-63-65-67-69-71-73-75-82(87)93-80(79-92-84(83(88)89)90-77-76-85(3,4)5)78-91-81(86)74-72-70-68-66-64-62-60-58-56-54-52-50-48-46-44-37-35-33-31-29-27-25-23-21-19-17-15-13-11-9-7-2/h8-11,14-17,20-23,26-29,32-35,38-39,41-42,45,47,80,84H,6-7,12-13,18-19,24-25,30-31,36-37,40,43-44,46,48-79H2,1-5H3/b10-8-,11-9-,16-14-,17-15-,22-20-,23-21-,28-26-,29-27-,34-32-,35-33-,39-38-,42-41-,47-45-. The van der Waals surface area contributed by atoms with Crippen molar-refractivity contribution in [2.75, 3.05) is 47.5 Å². The average molecular weight is 1290 g/mol. The molecule has 0 aliphatic carbocycles. The number of carboxylic acid groups (broad SMARTS) is 1. The number of ether oxygens (including phenoxy) is 4. The fraction of sp³-hybridized carbons (Fsp3) is 0.655. The number of quaternary nitrogens is 1. The predicted molar refractivity (Wildman–Crippen MR) is 398 cm³/mol. The number of esters is 2. The summed E-state index contributed by atoms with van der Waals surface area (Å²) in [4.78, 5) is 37.6. The number of carbonyl (C=O) groups excluding carboxylic acids is 3. The van der Waals surface area contributed by atoms with E-state index in [2.05, 4.69) is 172 Å². The molecule has 0 saturated heterocycles. The van der Waals surface area contributed by atoms with E-state index in [9.17, 15) is 19.5 Å². The van der Waals surface area contributed by atoms with Crippen LogP contribution in [0, 0.1) is 0 Å². The molecule has 0 radical (unpaired) electrons. The number of nitrogens with zero attached hydrogens (tertiary/aromatic N) is 1. The van der Waals surface area contributed by atoms with E-state index in [1.54, 1.807) is 0 Å². The zero-order valence-corrected chi connectivity index (χ0v) is 60.3. The summed E-state index contributed by atoms with van der Waals surface area (Å²) in [6, 6.07) is 0. The number of aliphatic carboxylic acids is 1. The number of allylic oxidation sites excluding steroid dienone is 26. The minimum atomic E-state index is -1.63. The normalized spacial score (nSPS) is 13.6. The Morgan fingerprint density at radius 2 is 0.581 bits per heavy atom. The summed E-state index contributed by atoms with van der Waals surface area (Å²) in [5.41, 5.74) is 0. The van der Waals surface area contributed by atoms with Crippen LogP contribution in [0.3, 0.4) is 0 Å². The van der Waals surface area contributed by atoms with E-state index < -0.39 is 24.3 Å². The van der Waals surface area contributed by atoms with Crippen molar-refractivity contribution in [1.82, 2.24) is 0 Å². The zero-order chi connectivity index (χ0) is 67.5. The second-order valence-electron chi connectivity index (χ2n) is 25.8. The summed E-state index contributed by atoms with van der Waals surface area (Å²) in [6.07, 6.45) is 105. The summed E-state index contributed by atoms with van der Waals surface area (Å²) < 4.78 is 22.8. The summed E-state index contributed by atoms with van der Waals surface area (Å²) in [7, 11) is 5.93. The highest BCUT2D eigenvalue weighted by molar-refractivity contribution is 5.70. The third kappa shape index (κ3) is 74.2. The summed E-state index contributed by atoms with van der Waals surface area (Å²) in [5, 5.41) is 11.9. The summed E-state index contributed by atoms with van der Waals surface area (Å²) in [6.45, 7) is 4.53. The van der Waals surface area contributed by atoms with E-state index in [1.165, 1.54) is 141 Å². The van der Waals surface area contributed by atoms with Crippen LogP contribution < -0.4 is 5.11 Å². The van der Waals surface area contributed by atoms with E-state index in [0.717, 1.165) is 122 Å². The van der Waals surface area contributed by atoms with Gasteiger partial charge in [-0.05, 0) is 122 Å². The van der Waals surface area contributed by atoms with E-state index in [-0.39, 0.29) is 38.6 Å². The smallest absolute Gasteiger partial charge is 0.306 e. The fourth-order valence-electron chi connectivity index (χ4n) is 10.1. The van der Waals surface area contributed by atoms with E-state index >= 15 is 0 Å². The Labute approximate surface area is 572 Å². The van der Waals surface area contributed by atoms with Crippen molar-refractivity contribution in [3.05, 3.63) is 158 Å². The van der Waals surface area contributed by atoms with Gasteiger partial charge in [0.1, 0.15) is 13.2 Å². The Hall–Kier alpha value is -5.09. The van der Waals surface area contributed by atoms with Crippen LogP contribution >= 0.6 is 0 Å². The van der Waals surface area contributed by atoms with Gasteiger partial charge in [0.2, 0.25) is 0 Å². The van der Waals surface area contributed by atoms with Crippen molar-refractivity contribution < 1.29 is 42.9 Å². The van der Waals surface area contributed by atoms with Gasteiger partial charge in [-0.2, -0.15) is 0 Å². The van der Waals surface area contributed by atoms with Crippen molar-refractivity contribution in [2.24, 2.45) is 0 Å². The van der Waals surface area contributed by atoms with Gasteiger partial charge < -0.3 is 33.3 Å². The molecule has 0 heterocycles. The number of unbranched alkanes of at least 4 members (excludes halogenated alkanes) is 27. The number of hydrogen-bond acceptors (Lipinski definition) is 8. The highest BCUT2D eigenvalue weighted by Crippen LogP contribution is 2.17. The quantitative estimate of drug-likeness (QED) is 0.0195. The Balaban J connectivity index is 4.11. The van der Waals surface area contributed by atoms with Gasteiger partial charge in [0.15, 0.2) is 12.4 Å². The zero-order valence-electron chi connectivity index (χ0n) is 60.3. The molecule has 2 atom stereocenters. The van der Waals surface area contributed by atoms with Crippen LogP contribution in [0.5, 0.6) is 0 Å². The average Bonchev–Trinajstić information content (AvgIpc) is 3.73. The Morgan fingerprint density at radius 1 is 0.323 bits per heavy atom. The molecule has 0 aromatic carbocycles. The van der Waals surface area contributed by atoms with Gasteiger partial charge in [-0.15, -0.1) is 0 Å². The molecule has 2 unspecified atom stereocenters. The molecule has 9 nitrogen and oxygen atoms in total. The van der Waals surface area contributed by atoms with Crippen molar-refractivity contribution in [3.63, 3.8) is 0 Å². The topological polar surface area (TPSA) is 111 Å². The first-order valence-corrected chi connectivity index (χ1v) is 37.6. The maximum atomic E-state index is 13.0. The Morgan fingerprint density at radius 3 is 0.860 bits per heavy atom. The van der Waals surface area contributed by atoms with Gasteiger partial charge in [0.25, 0.3) is 0 Å². The fourth-order valence-corrected chi connectivity index (χ4v) is 10.1. The monoisotopic (exact) mass is 1290 g/mol. The van der Waals surface area contributed by atoms with Crippen LogP contribution in [-0.2, 0) is 33.3 Å². The lowest BCUT2D eigenvalue weighted by atomic mass is 10.0. The van der Waals surface area contributed by atoms with E-state index in [4.69, 9.17) is 18.9 Å². The molecule has 0 bridgehead atoms. The molecule has 0 rings (SSSR count). The lowest BCUT2D eigenvalue weighted by Crippen LogP contribution is -2.44. The van der Waals surface area contributed by atoms with Gasteiger partial charge in [-0.25, -0.2) is 0 Å². The minimum Gasteiger partial charge on any atom is -0.545 e. The maximum Gasteiger partial charge on any atom is 0.306 e. The number of likely N-dealkylation sites (N-methyl/N-ethyl adjacent to an activating group) is 1. The molecule has 9 heteroatoms. The predicted octanol–water partition coefficient (Wildman–Crippen LogP) is 22.7. The van der Waals surface area contributed by atoms with Gasteiger partial charge in [0.05, 0.1) is 40.3 Å². The maximum absolute atomic E-state index is 13.0. The molecule has 0 aliphatic rings. The third-order valence-corrected chi connectivity index (χ3v) is 15.8. The molecular formula is C84H139NO8. The molecule has 0 aromatic rings. The molecule has 93 heavy (non-hydrogen) atoms. The second kappa shape index (κ2) is 72.7. The summed E-state index contributed by atoms with van der Waals surface area (Å²) >= 11 is 0. The van der Waals surface area contributed by atoms with Gasteiger partial charge in [-0.1, -0.05) is 320 Å². The van der Waals surface area contributed by atoms with Gasteiger partial charge in [-0.3, -0.25) is 9.59 Å². The van der Waals surface area contributed by atoms with Gasteiger partial charge in [0, 0.05) is 12.8 Å². The Kier molecular flexibility index (Phi) is 68.8. The molecule has 0 aromatic heterocycles. The van der Waals surface area contributed by atoms with Crippen LogP contribution in [0.1, 0.15) is 296 Å². The molecule has 0 spiro atoms. The SMILES string of the molecule is CC/C=C\C/C=C\C/C=C\C/C=C\C/C=C\C/C=C\C/C=C\C/C=C\CCCCCCCCCCCCCCC(=O)OC(COC(=O)CCCCCCCCCCCCCCCCC/C=C\C/C=C\C/C=C\C/C=C\C/C=C\CC)COC(OCC[N+](C)(C)C)C(=O)[O-]. The summed E-state index contributed by atoms with van der Waals surface area (Å²) in [5.74, 6) is -2.29. The number of hydrogen-bond donors (Lipinski definition) is 0. The van der Waals surface area contributed by atoms with Crippen LogP contribution in [0.15, 0.2) is 158 Å². The van der Waals surface area contributed by atoms with Crippen LogP contribution in [0.25, 0.3) is 0 Å². The number of rotatable bonds is 68. The Bertz CT molecular complexity index is 2090. The first-order chi connectivity index (χ1) is 45.6. The first kappa shape index (κ1) is 87.9. The highest BCUT2D eigenvalue weighted by atomic mass is 16.7. The first-order valence-electron chi connectivity index (χ1n) is 37.6. The number of carboxylic acids is 1. The molecule has 0 N–H and O–H groups in total. The van der Waals surface area contributed by atoms with Crippen LogP contribution in [0.4, 0.5) is 0 Å². The number of carbonyl (C=O) groups is 3. The van der Waals surface area contributed by atoms with Crippen molar-refractivity contribution in [3.8, 4) is 0 Å². The van der Waals surface area contributed by atoms with Crippen molar-refractivity contribution in [2.45, 2.75) is 309 Å². The molecular weight excluding hydrogens is 1150 g/mol. The van der Waals surface area contributed by atoms with Crippen LogP contribution in [0.2, 0.25) is 0 Å². The molecule has 0 fully saturated rings. The van der Waals surface area contributed by atoms with E-state index in [0.29, 0.717) is 17.4 Å². The minimum absolute atomic E-state index is 0.141.